The molecule has 7 heteroatoms. The van der Waals surface area contributed by atoms with E-state index in [9.17, 15) is 14.9 Å². The number of anilines is 1. The van der Waals surface area contributed by atoms with Gasteiger partial charge in [-0.1, -0.05) is 42.5 Å². The second-order valence-corrected chi connectivity index (χ2v) is 6.62. The van der Waals surface area contributed by atoms with E-state index in [1.807, 2.05) is 29.2 Å². The highest BCUT2D eigenvalue weighted by Gasteiger charge is 2.24. The molecule has 1 aromatic heterocycles. The van der Waals surface area contributed by atoms with E-state index in [2.05, 4.69) is 29.2 Å². The molecular formula is C20H23N5O2. The fraction of sp³-hybridized carbons (Fsp3) is 0.350. The predicted molar refractivity (Wildman–Crippen MR) is 106 cm³/mol. The second kappa shape index (κ2) is 8.06. The molecule has 1 fully saturated rings. The zero-order chi connectivity index (χ0) is 19.4. The molecule has 1 aliphatic rings. The Morgan fingerprint density at radius 1 is 1.04 bits per heavy atom. The molecule has 3 rings (SSSR count). The maximum atomic E-state index is 12.3. The third kappa shape index (κ3) is 3.86. The average molecular weight is 365 g/mol. The van der Waals surface area contributed by atoms with Gasteiger partial charge in [0.25, 0.3) is 5.56 Å². The first-order valence-corrected chi connectivity index (χ1v) is 8.92. The van der Waals surface area contributed by atoms with Gasteiger partial charge in [0.1, 0.15) is 11.9 Å². The summed E-state index contributed by atoms with van der Waals surface area (Å²) < 4.78 is 2.37. The van der Waals surface area contributed by atoms with Gasteiger partial charge in [-0.05, 0) is 5.56 Å². The number of nitrogens with zero attached hydrogens (tertiary/aromatic N) is 5. The van der Waals surface area contributed by atoms with E-state index in [1.54, 1.807) is 7.05 Å². The van der Waals surface area contributed by atoms with Gasteiger partial charge in [-0.3, -0.25) is 18.8 Å². The Hall–Kier alpha value is -3.11. The number of rotatable bonds is 4. The lowest BCUT2D eigenvalue weighted by molar-refractivity contribution is 0.282. The zero-order valence-electron chi connectivity index (χ0n) is 15.6. The topological polar surface area (TPSA) is 74.3 Å². The van der Waals surface area contributed by atoms with Crippen LogP contribution in [0.2, 0.25) is 0 Å². The molecule has 1 saturated heterocycles. The van der Waals surface area contributed by atoms with E-state index < -0.39 is 11.2 Å². The van der Waals surface area contributed by atoms with Crippen molar-refractivity contribution in [1.29, 1.82) is 5.26 Å². The lowest BCUT2D eigenvalue weighted by atomic mass is 10.2. The van der Waals surface area contributed by atoms with Crippen LogP contribution < -0.4 is 16.1 Å². The fourth-order valence-electron chi connectivity index (χ4n) is 3.35. The van der Waals surface area contributed by atoms with Gasteiger partial charge in [-0.25, -0.2) is 4.79 Å². The Kier molecular flexibility index (Phi) is 5.57. The van der Waals surface area contributed by atoms with Crippen LogP contribution in [0.25, 0.3) is 6.08 Å². The lowest BCUT2D eigenvalue weighted by Gasteiger charge is -2.36. The Balaban J connectivity index is 1.70. The Morgan fingerprint density at radius 3 is 2.33 bits per heavy atom. The predicted octanol–water partition coefficient (Wildman–Crippen LogP) is 0.791. The summed E-state index contributed by atoms with van der Waals surface area (Å²) in [5.74, 6) is 0.421. The second-order valence-electron chi connectivity index (χ2n) is 6.62. The van der Waals surface area contributed by atoms with Crippen molar-refractivity contribution < 1.29 is 0 Å². The van der Waals surface area contributed by atoms with E-state index in [1.165, 1.54) is 17.2 Å². The summed E-state index contributed by atoms with van der Waals surface area (Å²) in [5, 5.41) is 9.42. The molecule has 0 atom stereocenters. The van der Waals surface area contributed by atoms with Crippen LogP contribution in [-0.2, 0) is 14.1 Å². The maximum Gasteiger partial charge on any atom is 0.332 e. The minimum absolute atomic E-state index is 0.0250. The number of hydrogen-bond acceptors (Lipinski definition) is 5. The maximum absolute atomic E-state index is 12.3. The average Bonchev–Trinajstić information content (AvgIpc) is 2.70. The molecule has 0 spiro atoms. The fourth-order valence-corrected chi connectivity index (χ4v) is 3.35. The van der Waals surface area contributed by atoms with Crippen molar-refractivity contribution in [3.05, 3.63) is 68.4 Å². The molecule has 0 N–H and O–H groups in total. The summed E-state index contributed by atoms with van der Waals surface area (Å²) >= 11 is 0. The van der Waals surface area contributed by atoms with Crippen LogP contribution in [0.1, 0.15) is 11.1 Å². The quantitative estimate of drug-likeness (QED) is 0.801. The van der Waals surface area contributed by atoms with Crippen LogP contribution in [0.3, 0.4) is 0 Å². The van der Waals surface area contributed by atoms with E-state index >= 15 is 0 Å². The highest BCUT2D eigenvalue weighted by atomic mass is 16.2. The van der Waals surface area contributed by atoms with E-state index in [0.29, 0.717) is 18.9 Å². The normalized spacial score (nSPS) is 15.2. The molecule has 1 aliphatic heterocycles. The Labute approximate surface area is 158 Å². The first-order valence-electron chi connectivity index (χ1n) is 8.92. The molecule has 0 unspecified atom stereocenters. The summed E-state index contributed by atoms with van der Waals surface area (Å²) in [6.07, 6.45) is 4.24. The highest BCUT2D eigenvalue weighted by Crippen LogP contribution is 2.17. The van der Waals surface area contributed by atoms with Crippen molar-refractivity contribution in [3.63, 3.8) is 0 Å². The third-order valence-electron chi connectivity index (χ3n) is 4.89. The summed E-state index contributed by atoms with van der Waals surface area (Å²) in [4.78, 5) is 28.8. The van der Waals surface area contributed by atoms with Crippen LogP contribution in [0.4, 0.5) is 5.82 Å². The van der Waals surface area contributed by atoms with Gasteiger partial charge < -0.3 is 4.90 Å². The number of aromatic nitrogens is 2. The standard InChI is InChI=1S/C20H23N5O2/c1-22-18(17(15-21)19(26)23(2)20(22)27)25-13-11-24(12-14-25)10-6-9-16-7-4-3-5-8-16/h3-9H,10-14H2,1-2H3/b9-6+. The molecule has 0 aliphatic carbocycles. The van der Waals surface area contributed by atoms with Gasteiger partial charge in [0, 0.05) is 46.8 Å². The number of piperazine rings is 1. The summed E-state index contributed by atoms with van der Waals surface area (Å²) in [7, 11) is 3.00. The minimum Gasteiger partial charge on any atom is -0.354 e. The van der Waals surface area contributed by atoms with Gasteiger partial charge in [0.15, 0.2) is 5.56 Å². The monoisotopic (exact) mass is 365 g/mol. The molecule has 0 radical (unpaired) electrons. The Bertz CT molecular complexity index is 990. The van der Waals surface area contributed by atoms with Crippen molar-refractivity contribution in [2.24, 2.45) is 14.1 Å². The van der Waals surface area contributed by atoms with Gasteiger partial charge in [0.2, 0.25) is 0 Å². The molecule has 140 valence electrons. The van der Waals surface area contributed by atoms with Gasteiger partial charge in [0.05, 0.1) is 0 Å². The molecule has 7 nitrogen and oxygen atoms in total. The smallest absolute Gasteiger partial charge is 0.332 e. The minimum atomic E-state index is -0.538. The molecule has 0 saturated carbocycles. The Morgan fingerprint density at radius 2 is 1.70 bits per heavy atom. The third-order valence-corrected chi connectivity index (χ3v) is 4.89. The molecule has 0 amide bonds. The van der Waals surface area contributed by atoms with Crippen molar-refractivity contribution in [3.8, 4) is 6.07 Å². The first-order chi connectivity index (χ1) is 13.0. The molecular weight excluding hydrogens is 342 g/mol. The van der Waals surface area contributed by atoms with Crippen LogP contribution >= 0.6 is 0 Å². The van der Waals surface area contributed by atoms with Crippen LogP contribution in [-0.4, -0.2) is 46.8 Å². The van der Waals surface area contributed by atoms with Gasteiger partial charge >= 0.3 is 5.69 Å². The van der Waals surface area contributed by atoms with E-state index in [4.69, 9.17) is 0 Å². The van der Waals surface area contributed by atoms with Crippen molar-refractivity contribution in [2.75, 3.05) is 37.6 Å². The number of nitriles is 1. The van der Waals surface area contributed by atoms with Gasteiger partial charge in [-0.2, -0.15) is 5.26 Å². The van der Waals surface area contributed by atoms with Crippen molar-refractivity contribution in [2.45, 2.75) is 0 Å². The number of hydrogen-bond donors (Lipinski definition) is 0. The molecule has 2 aromatic rings. The van der Waals surface area contributed by atoms with Crippen LogP contribution in [0.5, 0.6) is 0 Å². The highest BCUT2D eigenvalue weighted by molar-refractivity contribution is 5.54. The largest absolute Gasteiger partial charge is 0.354 e. The lowest BCUT2D eigenvalue weighted by Crippen LogP contribution is -2.50. The summed E-state index contributed by atoms with van der Waals surface area (Å²) in [5.41, 5.74) is 0.244. The van der Waals surface area contributed by atoms with E-state index in [-0.39, 0.29) is 5.56 Å². The molecule has 2 heterocycles. The number of benzene rings is 1. The molecule has 0 bridgehead atoms. The van der Waals surface area contributed by atoms with Crippen LogP contribution in [0, 0.1) is 11.3 Å². The van der Waals surface area contributed by atoms with Crippen molar-refractivity contribution in [1.82, 2.24) is 14.0 Å². The SMILES string of the molecule is Cn1c(N2CCN(C/C=C/c3ccccc3)CC2)c(C#N)c(=O)n(C)c1=O. The van der Waals surface area contributed by atoms with Crippen molar-refractivity contribution >= 4 is 11.9 Å². The first kappa shape index (κ1) is 18.7. The zero-order valence-corrected chi connectivity index (χ0v) is 15.6. The summed E-state index contributed by atoms with van der Waals surface area (Å²) in [6.45, 7) is 3.76. The van der Waals surface area contributed by atoms with Gasteiger partial charge in [-0.15, -0.1) is 0 Å². The van der Waals surface area contributed by atoms with E-state index in [0.717, 1.165) is 24.2 Å². The molecule has 1 aromatic carbocycles. The van der Waals surface area contributed by atoms with Crippen LogP contribution in [0.15, 0.2) is 46.0 Å². The molecule has 27 heavy (non-hydrogen) atoms. The summed E-state index contributed by atoms with van der Waals surface area (Å²) in [6, 6.07) is 12.1.